The molecule has 0 aromatic heterocycles. The highest BCUT2D eigenvalue weighted by molar-refractivity contribution is 5.92. The Kier molecular flexibility index (Phi) is 5.28. The molecule has 0 unspecified atom stereocenters. The Balaban J connectivity index is 1.33. The van der Waals surface area contributed by atoms with Crippen molar-refractivity contribution in [3.05, 3.63) is 83.9 Å². The molecule has 1 saturated carbocycles. The summed E-state index contributed by atoms with van der Waals surface area (Å²) in [5.41, 5.74) is 2.32. The molecule has 0 radical (unpaired) electrons. The molecule has 4 rings (SSSR count). The van der Waals surface area contributed by atoms with Crippen LogP contribution in [0.1, 0.15) is 11.1 Å². The minimum absolute atomic E-state index is 0.00102. The molecule has 2 aromatic carbocycles. The van der Waals surface area contributed by atoms with Gasteiger partial charge < -0.3 is 9.47 Å². The van der Waals surface area contributed by atoms with Crippen LogP contribution in [0.3, 0.4) is 0 Å². The molecule has 2 bridgehead atoms. The summed E-state index contributed by atoms with van der Waals surface area (Å²) >= 11 is 0. The monoisotopic (exact) mass is 348 g/mol. The largest absolute Gasteiger partial charge is 0.376 e. The van der Waals surface area contributed by atoms with Crippen molar-refractivity contribution in [2.24, 2.45) is 23.7 Å². The molecule has 0 N–H and O–H groups in total. The topological polar surface area (TPSA) is 35.5 Å². The highest BCUT2D eigenvalue weighted by Crippen LogP contribution is 2.45. The third kappa shape index (κ3) is 3.64. The molecule has 26 heavy (non-hydrogen) atoms. The first-order valence-electron chi connectivity index (χ1n) is 9.28. The van der Waals surface area contributed by atoms with E-state index in [-0.39, 0.29) is 23.7 Å². The fourth-order valence-corrected chi connectivity index (χ4v) is 4.12. The van der Waals surface area contributed by atoms with E-state index in [1.807, 2.05) is 36.4 Å². The second-order valence-corrected chi connectivity index (χ2v) is 7.17. The quantitative estimate of drug-likeness (QED) is 0.676. The summed E-state index contributed by atoms with van der Waals surface area (Å²) in [6, 6.07) is 20.3. The molecule has 0 aliphatic heterocycles. The minimum Gasteiger partial charge on any atom is -0.376 e. The van der Waals surface area contributed by atoms with Gasteiger partial charge in [0.1, 0.15) is 5.78 Å². The number of fused-ring (bicyclic) bond motifs is 2. The van der Waals surface area contributed by atoms with Crippen molar-refractivity contribution in [1.29, 1.82) is 0 Å². The number of rotatable bonds is 8. The predicted molar refractivity (Wildman–Crippen MR) is 100 cm³/mol. The van der Waals surface area contributed by atoms with E-state index in [2.05, 4.69) is 36.4 Å². The third-order valence-corrected chi connectivity index (χ3v) is 5.50. The lowest BCUT2D eigenvalue weighted by molar-refractivity contribution is -0.121. The molecule has 0 saturated heterocycles. The van der Waals surface area contributed by atoms with Crippen LogP contribution in [0.5, 0.6) is 0 Å². The average molecular weight is 348 g/mol. The zero-order valence-corrected chi connectivity index (χ0v) is 14.8. The Morgan fingerprint density at radius 3 is 1.50 bits per heavy atom. The van der Waals surface area contributed by atoms with E-state index in [1.54, 1.807) is 0 Å². The van der Waals surface area contributed by atoms with Gasteiger partial charge in [-0.15, -0.1) is 0 Å². The number of allylic oxidation sites excluding steroid dienone is 2. The number of hydrogen-bond donors (Lipinski definition) is 0. The van der Waals surface area contributed by atoms with Crippen LogP contribution < -0.4 is 0 Å². The zero-order valence-electron chi connectivity index (χ0n) is 14.8. The lowest BCUT2D eigenvalue weighted by atomic mass is 9.84. The highest BCUT2D eigenvalue weighted by atomic mass is 16.5. The van der Waals surface area contributed by atoms with E-state index in [4.69, 9.17) is 9.47 Å². The second-order valence-electron chi connectivity index (χ2n) is 7.17. The van der Waals surface area contributed by atoms with Crippen LogP contribution in [-0.4, -0.2) is 19.0 Å². The fourth-order valence-electron chi connectivity index (χ4n) is 4.12. The number of hydrogen-bond acceptors (Lipinski definition) is 3. The van der Waals surface area contributed by atoms with Gasteiger partial charge in [-0.05, 0) is 11.1 Å². The molecular weight excluding hydrogens is 324 g/mol. The van der Waals surface area contributed by atoms with Gasteiger partial charge in [0.2, 0.25) is 0 Å². The predicted octanol–water partition coefficient (Wildman–Crippen LogP) is 4.04. The summed E-state index contributed by atoms with van der Waals surface area (Å²) in [4.78, 5) is 12.5. The van der Waals surface area contributed by atoms with Crippen LogP contribution in [-0.2, 0) is 27.5 Å². The molecule has 4 atom stereocenters. The summed E-state index contributed by atoms with van der Waals surface area (Å²) in [5, 5.41) is 0. The second kappa shape index (κ2) is 7.98. The Hall–Kier alpha value is -2.23. The van der Waals surface area contributed by atoms with Gasteiger partial charge in [0.05, 0.1) is 26.4 Å². The Morgan fingerprint density at radius 2 is 1.08 bits per heavy atom. The fraction of sp³-hybridized carbons (Fsp3) is 0.348. The lowest BCUT2D eigenvalue weighted by Crippen LogP contribution is -2.28. The van der Waals surface area contributed by atoms with Crippen molar-refractivity contribution in [1.82, 2.24) is 0 Å². The van der Waals surface area contributed by atoms with Crippen LogP contribution in [0, 0.1) is 23.7 Å². The third-order valence-electron chi connectivity index (χ3n) is 5.50. The summed E-state index contributed by atoms with van der Waals surface area (Å²) in [7, 11) is 0. The Labute approximate surface area is 154 Å². The maximum atomic E-state index is 12.5. The maximum Gasteiger partial charge on any atom is 0.147 e. The molecule has 3 heteroatoms. The van der Waals surface area contributed by atoms with Crippen LogP contribution in [0.2, 0.25) is 0 Å². The Morgan fingerprint density at radius 1 is 0.654 bits per heavy atom. The molecule has 2 aliphatic carbocycles. The SMILES string of the molecule is O=C1[C@H]2C=C[C@@H]1[C@H](COCc1ccccc1)[C@@H]2COCc1ccccc1. The number of ether oxygens (including phenoxy) is 2. The number of carbonyl (C=O) groups is 1. The van der Waals surface area contributed by atoms with Crippen molar-refractivity contribution in [3.63, 3.8) is 0 Å². The minimum atomic E-state index is 0.00102. The van der Waals surface area contributed by atoms with E-state index in [9.17, 15) is 4.79 Å². The molecule has 3 nitrogen and oxygen atoms in total. The lowest BCUT2D eigenvalue weighted by Gasteiger charge is -2.26. The molecular formula is C23H24O3. The van der Waals surface area contributed by atoms with E-state index in [1.165, 1.54) is 0 Å². The molecule has 0 amide bonds. The average Bonchev–Trinajstić information content (AvgIpc) is 3.17. The summed E-state index contributed by atoms with van der Waals surface area (Å²) < 4.78 is 11.9. The van der Waals surface area contributed by atoms with E-state index in [0.717, 1.165) is 11.1 Å². The van der Waals surface area contributed by atoms with Crippen molar-refractivity contribution < 1.29 is 14.3 Å². The first-order chi connectivity index (χ1) is 12.8. The molecule has 1 fully saturated rings. The van der Waals surface area contributed by atoms with E-state index < -0.39 is 0 Å². The molecule has 2 aromatic rings. The molecule has 0 spiro atoms. The van der Waals surface area contributed by atoms with Crippen LogP contribution in [0.4, 0.5) is 0 Å². The van der Waals surface area contributed by atoms with Crippen LogP contribution in [0.25, 0.3) is 0 Å². The van der Waals surface area contributed by atoms with Gasteiger partial charge in [0, 0.05) is 23.7 Å². The van der Waals surface area contributed by atoms with Crippen LogP contribution in [0.15, 0.2) is 72.8 Å². The summed E-state index contributed by atoms with van der Waals surface area (Å²) in [6.45, 7) is 2.38. The normalized spacial score (nSPS) is 26.5. The number of carbonyl (C=O) groups excluding carboxylic acids is 1. The first-order valence-corrected chi connectivity index (χ1v) is 9.28. The van der Waals surface area contributed by atoms with Crippen molar-refractivity contribution in [2.75, 3.05) is 13.2 Å². The number of benzene rings is 2. The van der Waals surface area contributed by atoms with Gasteiger partial charge in [0.25, 0.3) is 0 Å². The summed E-state index contributed by atoms with van der Waals surface area (Å²) in [5.74, 6) is 0.780. The van der Waals surface area contributed by atoms with Gasteiger partial charge >= 0.3 is 0 Å². The number of Topliss-reactive ketones (excluding diaryl/α,β-unsaturated/α-hetero) is 1. The standard InChI is InChI=1S/C23H24O3/c24-23-19-11-12-20(23)22(16-26-14-18-9-5-2-6-10-18)21(19)15-25-13-17-7-3-1-4-8-17/h1-12,19-22H,13-16H2/t19-,20+,21+,22-. The van der Waals surface area contributed by atoms with Crippen molar-refractivity contribution in [3.8, 4) is 0 Å². The van der Waals surface area contributed by atoms with E-state index >= 15 is 0 Å². The van der Waals surface area contributed by atoms with Gasteiger partial charge in [-0.1, -0.05) is 72.8 Å². The van der Waals surface area contributed by atoms with Gasteiger partial charge in [-0.3, -0.25) is 4.79 Å². The van der Waals surface area contributed by atoms with Gasteiger partial charge in [-0.25, -0.2) is 0 Å². The maximum absolute atomic E-state index is 12.5. The van der Waals surface area contributed by atoms with Gasteiger partial charge in [0.15, 0.2) is 0 Å². The van der Waals surface area contributed by atoms with Gasteiger partial charge in [-0.2, -0.15) is 0 Å². The van der Waals surface area contributed by atoms with Crippen LogP contribution >= 0.6 is 0 Å². The summed E-state index contributed by atoms with van der Waals surface area (Å²) in [6.07, 6.45) is 4.13. The molecule has 0 heterocycles. The first kappa shape index (κ1) is 17.2. The smallest absolute Gasteiger partial charge is 0.147 e. The molecule has 2 aliphatic rings. The van der Waals surface area contributed by atoms with Crippen molar-refractivity contribution in [2.45, 2.75) is 13.2 Å². The van der Waals surface area contributed by atoms with Crippen molar-refractivity contribution >= 4 is 5.78 Å². The highest BCUT2D eigenvalue weighted by Gasteiger charge is 2.50. The molecule has 134 valence electrons. The Bertz CT molecular complexity index is 690. The van der Waals surface area contributed by atoms with E-state index in [0.29, 0.717) is 32.2 Å². The number of ketones is 1. The zero-order chi connectivity index (χ0) is 17.8.